The topological polar surface area (TPSA) is 24.5 Å². The lowest BCUT2D eigenvalue weighted by Crippen LogP contribution is -2.34. The van der Waals surface area contributed by atoms with E-state index in [1.807, 2.05) is 6.07 Å². The minimum atomic E-state index is 0.295. The van der Waals surface area contributed by atoms with Gasteiger partial charge in [-0.1, -0.05) is 30.3 Å². The van der Waals surface area contributed by atoms with Gasteiger partial charge in [0, 0.05) is 26.2 Å². The summed E-state index contributed by atoms with van der Waals surface area (Å²) in [5.74, 6) is 0. The number of likely N-dealkylation sites (N-methyl/N-ethyl adjacent to an activating group) is 1. The van der Waals surface area contributed by atoms with Crippen molar-refractivity contribution in [2.45, 2.75) is 24.9 Å². The van der Waals surface area contributed by atoms with Crippen molar-refractivity contribution in [3.05, 3.63) is 35.9 Å². The van der Waals surface area contributed by atoms with E-state index in [1.165, 1.54) is 18.4 Å². The number of ether oxygens (including phenoxy) is 1. The molecule has 2 rings (SSSR count). The van der Waals surface area contributed by atoms with Crippen LogP contribution in [-0.4, -0.2) is 44.8 Å². The lowest BCUT2D eigenvalue weighted by molar-refractivity contribution is 0.164. The van der Waals surface area contributed by atoms with Crippen molar-refractivity contribution in [3.63, 3.8) is 0 Å². The fourth-order valence-electron chi connectivity index (χ4n) is 2.24. The molecule has 1 saturated carbocycles. The second-order valence-corrected chi connectivity index (χ2v) is 5.08. The second-order valence-electron chi connectivity index (χ2n) is 5.08. The largest absolute Gasteiger partial charge is 0.383 e. The maximum atomic E-state index is 5.30. The van der Waals surface area contributed by atoms with E-state index < -0.39 is 0 Å². The molecule has 1 atom stereocenters. The molecule has 0 aromatic heterocycles. The van der Waals surface area contributed by atoms with Gasteiger partial charge in [0.05, 0.1) is 12.6 Å². The van der Waals surface area contributed by atoms with Crippen molar-refractivity contribution in [1.82, 2.24) is 10.2 Å². The summed E-state index contributed by atoms with van der Waals surface area (Å²) in [6, 6.07) is 11.6. The summed E-state index contributed by atoms with van der Waals surface area (Å²) in [4.78, 5) is 2.45. The minimum absolute atomic E-state index is 0.295. The van der Waals surface area contributed by atoms with Gasteiger partial charge in [-0.3, -0.25) is 0 Å². The van der Waals surface area contributed by atoms with Crippen molar-refractivity contribution in [2.24, 2.45) is 0 Å². The first-order valence-corrected chi connectivity index (χ1v) is 6.78. The van der Waals surface area contributed by atoms with Gasteiger partial charge in [0.15, 0.2) is 0 Å². The smallest absolute Gasteiger partial charge is 0.0657 e. The van der Waals surface area contributed by atoms with E-state index in [-0.39, 0.29) is 0 Å². The third-order valence-corrected chi connectivity index (χ3v) is 3.56. The molecule has 3 nitrogen and oxygen atoms in total. The highest BCUT2D eigenvalue weighted by molar-refractivity contribution is 5.18. The first-order chi connectivity index (χ1) is 8.81. The van der Waals surface area contributed by atoms with Gasteiger partial charge < -0.3 is 15.0 Å². The Labute approximate surface area is 110 Å². The number of hydrogen-bond donors (Lipinski definition) is 1. The minimum Gasteiger partial charge on any atom is -0.383 e. The van der Waals surface area contributed by atoms with Crippen LogP contribution in [0.4, 0.5) is 0 Å². The predicted octanol–water partition coefficient (Wildman–Crippen LogP) is 2.06. The van der Waals surface area contributed by atoms with Crippen LogP contribution in [0.25, 0.3) is 0 Å². The molecule has 1 aliphatic carbocycles. The van der Waals surface area contributed by atoms with Gasteiger partial charge in [-0.05, 0) is 25.5 Å². The molecule has 0 aliphatic heterocycles. The van der Waals surface area contributed by atoms with Gasteiger partial charge >= 0.3 is 0 Å². The molecule has 3 heteroatoms. The van der Waals surface area contributed by atoms with Crippen molar-refractivity contribution >= 4 is 0 Å². The average Bonchev–Trinajstić information content (AvgIpc) is 3.23. The second kappa shape index (κ2) is 6.88. The molecule has 0 amide bonds. The monoisotopic (exact) mass is 248 g/mol. The van der Waals surface area contributed by atoms with Gasteiger partial charge in [-0.25, -0.2) is 0 Å². The zero-order valence-electron chi connectivity index (χ0n) is 11.4. The number of rotatable bonds is 8. The van der Waals surface area contributed by atoms with Gasteiger partial charge in [-0.15, -0.1) is 0 Å². The first kappa shape index (κ1) is 13.5. The van der Waals surface area contributed by atoms with Crippen LogP contribution in [0.15, 0.2) is 30.3 Å². The van der Waals surface area contributed by atoms with Crippen LogP contribution in [-0.2, 0) is 4.74 Å². The van der Waals surface area contributed by atoms with Crippen LogP contribution in [0.3, 0.4) is 0 Å². The molecule has 0 saturated heterocycles. The summed E-state index contributed by atoms with van der Waals surface area (Å²) >= 11 is 0. The Morgan fingerprint density at radius 1 is 1.33 bits per heavy atom. The maximum absolute atomic E-state index is 5.30. The SMILES string of the molecule is COCC(NCCN(C)C1CC1)c1ccccc1. The van der Waals surface area contributed by atoms with Gasteiger partial charge in [0.25, 0.3) is 0 Å². The van der Waals surface area contributed by atoms with Crippen molar-refractivity contribution < 1.29 is 4.74 Å². The number of benzene rings is 1. The van der Waals surface area contributed by atoms with Crippen LogP contribution >= 0.6 is 0 Å². The van der Waals surface area contributed by atoms with Gasteiger partial charge in [0.2, 0.25) is 0 Å². The Kier molecular flexibility index (Phi) is 5.17. The van der Waals surface area contributed by atoms with E-state index in [0.717, 1.165) is 25.7 Å². The maximum Gasteiger partial charge on any atom is 0.0657 e. The third-order valence-electron chi connectivity index (χ3n) is 3.56. The molecule has 0 spiro atoms. The van der Waals surface area contributed by atoms with E-state index >= 15 is 0 Å². The molecule has 0 radical (unpaired) electrons. The molecule has 1 aromatic rings. The summed E-state index contributed by atoms with van der Waals surface area (Å²) in [6.45, 7) is 2.84. The lowest BCUT2D eigenvalue weighted by atomic mass is 10.1. The fraction of sp³-hybridized carbons (Fsp3) is 0.600. The molecule has 100 valence electrons. The quantitative estimate of drug-likeness (QED) is 0.762. The van der Waals surface area contributed by atoms with Crippen molar-refractivity contribution in [1.29, 1.82) is 0 Å². The van der Waals surface area contributed by atoms with Crippen LogP contribution in [0, 0.1) is 0 Å². The molecule has 1 unspecified atom stereocenters. The van der Waals surface area contributed by atoms with Crippen molar-refractivity contribution in [2.75, 3.05) is 33.9 Å². The normalized spacial score (nSPS) is 17.1. The highest BCUT2D eigenvalue weighted by Gasteiger charge is 2.25. The Hall–Kier alpha value is -0.900. The summed E-state index contributed by atoms with van der Waals surface area (Å²) in [5.41, 5.74) is 1.30. The Morgan fingerprint density at radius 3 is 2.67 bits per heavy atom. The Bertz CT molecular complexity index is 338. The van der Waals surface area contributed by atoms with Gasteiger partial charge in [0.1, 0.15) is 0 Å². The lowest BCUT2D eigenvalue weighted by Gasteiger charge is -2.21. The van der Waals surface area contributed by atoms with Crippen LogP contribution < -0.4 is 5.32 Å². The molecule has 1 aliphatic rings. The molecule has 0 bridgehead atoms. The number of hydrogen-bond acceptors (Lipinski definition) is 3. The highest BCUT2D eigenvalue weighted by atomic mass is 16.5. The van der Waals surface area contributed by atoms with Crippen LogP contribution in [0.2, 0.25) is 0 Å². The predicted molar refractivity (Wildman–Crippen MR) is 74.7 cm³/mol. The molecule has 1 N–H and O–H groups in total. The molecule has 1 aromatic carbocycles. The van der Waals surface area contributed by atoms with Crippen molar-refractivity contribution in [3.8, 4) is 0 Å². The standard InChI is InChI=1S/C15H24N2O/c1-17(14-8-9-14)11-10-16-15(12-18-2)13-6-4-3-5-7-13/h3-7,14-16H,8-12H2,1-2H3. The first-order valence-electron chi connectivity index (χ1n) is 6.78. The van der Waals surface area contributed by atoms with Crippen LogP contribution in [0.1, 0.15) is 24.4 Å². The number of nitrogens with zero attached hydrogens (tertiary/aromatic N) is 1. The Balaban J connectivity index is 1.78. The average molecular weight is 248 g/mol. The highest BCUT2D eigenvalue weighted by Crippen LogP contribution is 2.24. The fourth-order valence-corrected chi connectivity index (χ4v) is 2.24. The van der Waals surface area contributed by atoms with E-state index in [0.29, 0.717) is 6.04 Å². The zero-order chi connectivity index (χ0) is 12.8. The Morgan fingerprint density at radius 2 is 2.06 bits per heavy atom. The third kappa shape index (κ3) is 4.09. The van der Waals surface area contributed by atoms with Gasteiger partial charge in [-0.2, -0.15) is 0 Å². The van der Waals surface area contributed by atoms with E-state index in [4.69, 9.17) is 4.74 Å². The molecule has 18 heavy (non-hydrogen) atoms. The summed E-state index contributed by atoms with van der Waals surface area (Å²) in [5, 5.41) is 3.58. The van der Waals surface area contributed by atoms with E-state index in [1.54, 1.807) is 7.11 Å². The molecular weight excluding hydrogens is 224 g/mol. The molecule has 1 fully saturated rings. The summed E-state index contributed by atoms with van der Waals surface area (Å²) < 4.78 is 5.30. The molecule has 0 heterocycles. The number of methoxy groups -OCH3 is 1. The summed E-state index contributed by atoms with van der Waals surface area (Å²) in [7, 11) is 3.97. The molecular formula is C15H24N2O. The number of nitrogens with one attached hydrogen (secondary N) is 1. The summed E-state index contributed by atoms with van der Waals surface area (Å²) in [6.07, 6.45) is 2.74. The zero-order valence-corrected chi connectivity index (χ0v) is 11.4. The van der Waals surface area contributed by atoms with Crippen LogP contribution in [0.5, 0.6) is 0 Å². The van der Waals surface area contributed by atoms with E-state index in [2.05, 4.69) is 41.5 Å². The van der Waals surface area contributed by atoms with E-state index in [9.17, 15) is 0 Å².